The molecule has 0 radical (unpaired) electrons. The van der Waals surface area contributed by atoms with Crippen LogP contribution in [0.15, 0.2) is 41.1 Å². The zero-order valence-electron chi connectivity index (χ0n) is 10.1. The summed E-state index contributed by atoms with van der Waals surface area (Å²) in [6.07, 6.45) is 4.45. The molecule has 2 heteroatoms. The van der Waals surface area contributed by atoms with Crippen molar-refractivity contribution in [2.75, 3.05) is 6.54 Å². The first-order valence-corrected chi connectivity index (χ1v) is 7.12. The van der Waals surface area contributed by atoms with Crippen LogP contribution in [-0.2, 0) is 19.3 Å². The van der Waals surface area contributed by atoms with E-state index in [1.54, 1.807) is 11.3 Å². The van der Waals surface area contributed by atoms with Crippen molar-refractivity contribution in [3.05, 3.63) is 57.8 Å². The minimum absolute atomic E-state index is 0.777. The first-order valence-electron chi connectivity index (χ1n) is 6.17. The zero-order chi connectivity index (χ0) is 11.9. The minimum Gasteiger partial charge on any atom is -0.330 e. The first kappa shape index (κ1) is 12.3. The van der Waals surface area contributed by atoms with Crippen molar-refractivity contribution in [3.63, 3.8) is 0 Å². The number of nitrogens with two attached hydrogens (primary N) is 1. The molecule has 0 aliphatic carbocycles. The number of aryl methyl sites for hydroxylation is 3. The van der Waals surface area contributed by atoms with Crippen molar-refractivity contribution in [1.82, 2.24) is 0 Å². The summed E-state index contributed by atoms with van der Waals surface area (Å²) in [5.74, 6) is 0. The van der Waals surface area contributed by atoms with E-state index in [1.807, 2.05) is 0 Å². The van der Waals surface area contributed by atoms with Gasteiger partial charge in [0.1, 0.15) is 0 Å². The van der Waals surface area contributed by atoms with Crippen LogP contribution >= 0.6 is 11.3 Å². The largest absolute Gasteiger partial charge is 0.330 e. The van der Waals surface area contributed by atoms with Crippen molar-refractivity contribution >= 4 is 11.3 Å². The van der Waals surface area contributed by atoms with Crippen LogP contribution in [-0.4, -0.2) is 6.54 Å². The number of rotatable bonds is 6. The number of hydrogen-bond donors (Lipinski definition) is 1. The Morgan fingerprint density at radius 2 is 1.71 bits per heavy atom. The highest BCUT2D eigenvalue weighted by Crippen LogP contribution is 2.12. The Morgan fingerprint density at radius 1 is 0.941 bits per heavy atom. The maximum Gasteiger partial charge on any atom is -0.00611 e. The maximum absolute atomic E-state index is 5.54. The van der Waals surface area contributed by atoms with Crippen molar-refractivity contribution in [3.8, 4) is 0 Å². The highest BCUT2D eigenvalue weighted by atomic mass is 32.1. The van der Waals surface area contributed by atoms with Gasteiger partial charge in [-0.3, -0.25) is 0 Å². The Kier molecular flexibility index (Phi) is 4.77. The summed E-state index contributed by atoms with van der Waals surface area (Å²) in [7, 11) is 0. The fourth-order valence-electron chi connectivity index (χ4n) is 1.97. The van der Waals surface area contributed by atoms with Gasteiger partial charge in [-0.2, -0.15) is 11.3 Å². The quantitative estimate of drug-likeness (QED) is 0.829. The summed E-state index contributed by atoms with van der Waals surface area (Å²) in [6, 6.07) is 11.1. The van der Waals surface area contributed by atoms with E-state index in [0.717, 1.165) is 32.2 Å². The standard InChI is InChI=1S/C15H19NS/c16-9-2-5-13-3-1-4-14(11-13)6-7-15-8-10-17-12-15/h1,3-4,8,10-12H,2,5-7,9,16H2. The van der Waals surface area contributed by atoms with Crippen molar-refractivity contribution < 1.29 is 0 Å². The van der Waals surface area contributed by atoms with E-state index in [2.05, 4.69) is 41.1 Å². The summed E-state index contributed by atoms with van der Waals surface area (Å²) in [4.78, 5) is 0. The first-order chi connectivity index (χ1) is 8.38. The molecule has 0 aliphatic heterocycles. The molecule has 0 saturated carbocycles. The van der Waals surface area contributed by atoms with Gasteiger partial charge >= 0.3 is 0 Å². The summed E-state index contributed by atoms with van der Waals surface area (Å²) in [6.45, 7) is 0.777. The molecule has 1 aromatic heterocycles. The molecule has 1 nitrogen and oxygen atoms in total. The predicted octanol–water partition coefficient (Wildman–Crippen LogP) is 3.42. The Morgan fingerprint density at radius 3 is 2.41 bits per heavy atom. The molecule has 0 amide bonds. The fraction of sp³-hybridized carbons (Fsp3) is 0.333. The molecule has 0 aliphatic rings. The minimum atomic E-state index is 0.777. The third-order valence-corrected chi connectivity index (χ3v) is 3.68. The molecule has 2 aromatic rings. The van der Waals surface area contributed by atoms with Crippen LogP contribution in [0.1, 0.15) is 23.1 Å². The van der Waals surface area contributed by atoms with E-state index in [0.29, 0.717) is 0 Å². The maximum atomic E-state index is 5.54. The highest BCUT2D eigenvalue weighted by Gasteiger charge is 1.98. The zero-order valence-corrected chi connectivity index (χ0v) is 10.9. The highest BCUT2D eigenvalue weighted by molar-refractivity contribution is 7.07. The Hall–Kier alpha value is -1.12. The van der Waals surface area contributed by atoms with Gasteiger partial charge < -0.3 is 5.73 Å². The average Bonchev–Trinajstić information content (AvgIpc) is 2.87. The van der Waals surface area contributed by atoms with Crippen LogP contribution in [0.2, 0.25) is 0 Å². The van der Waals surface area contributed by atoms with Crippen molar-refractivity contribution in [2.45, 2.75) is 25.7 Å². The summed E-state index contributed by atoms with van der Waals surface area (Å²) in [5.41, 5.74) is 9.84. The van der Waals surface area contributed by atoms with Crippen LogP contribution in [0.25, 0.3) is 0 Å². The summed E-state index contributed by atoms with van der Waals surface area (Å²) in [5, 5.41) is 4.38. The van der Waals surface area contributed by atoms with E-state index in [-0.39, 0.29) is 0 Å². The van der Waals surface area contributed by atoms with Crippen molar-refractivity contribution in [2.24, 2.45) is 5.73 Å². The lowest BCUT2D eigenvalue weighted by Crippen LogP contribution is -2.00. The molecule has 1 heterocycles. The molecule has 0 spiro atoms. The lowest BCUT2D eigenvalue weighted by atomic mass is 10.0. The summed E-state index contributed by atoms with van der Waals surface area (Å²) < 4.78 is 0. The number of benzene rings is 1. The van der Waals surface area contributed by atoms with Gasteiger partial charge in [0.15, 0.2) is 0 Å². The van der Waals surface area contributed by atoms with E-state index in [4.69, 9.17) is 5.73 Å². The molecule has 1 aromatic carbocycles. The lowest BCUT2D eigenvalue weighted by molar-refractivity contribution is 0.829. The number of thiophene rings is 1. The summed E-state index contributed by atoms with van der Waals surface area (Å²) >= 11 is 1.78. The van der Waals surface area contributed by atoms with Crippen molar-refractivity contribution in [1.29, 1.82) is 0 Å². The molecule has 2 N–H and O–H groups in total. The average molecular weight is 245 g/mol. The van der Waals surface area contributed by atoms with Gasteiger partial charge in [-0.05, 0) is 65.7 Å². The third kappa shape index (κ3) is 3.99. The molecular weight excluding hydrogens is 226 g/mol. The molecule has 2 rings (SSSR count). The molecular formula is C15H19NS. The Balaban J connectivity index is 1.91. The van der Waals surface area contributed by atoms with E-state index >= 15 is 0 Å². The lowest BCUT2D eigenvalue weighted by Gasteiger charge is -2.04. The van der Waals surface area contributed by atoms with Gasteiger partial charge in [0.25, 0.3) is 0 Å². The Bertz CT molecular complexity index is 434. The molecule has 0 fully saturated rings. The monoisotopic (exact) mass is 245 g/mol. The molecule has 0 atom stereocenters. The van der Waals surface area contributed by atoms with Crippen LogP contribution < -0.4 is 5.73 Å². The van der Waals surface area contributed by atoms with E-state index < -0.39 is 0 Å². The normalized spacial score (nSPS) is 10.6. The van der Waals surface area contributed by atoms with Crippen LogP contribution in [0.3, 0.4) is 0 Å². The van der Waals surface area contributed by atoms with Crippen LogP contribution in [0, 0.1) is 0 Å². The van der Waals surface area contributed by atoms with E-state index in [1.165, 1.54) is 16.7 Å². The van der Waals surface area contributed by atoms with Gasteiger partial charge in [-0.15, -0.1) is 0 Å². The SMILES string of the molecule is NCCCc1cccc(CCc2ccsc2)c1. The van der Waals surface area contributed by atoms with Gasteiger partial charge in [0.2, 0.25) is 0 Å². The molecule has 90 valence electrons. The molecule has 17 heavy (non-hydrogen) atoms. The van der Waals surface area contributed by atoms with Crippen LogP contribution in [0.5, 0.6) is 0 Å². The smallest absolute Gasteiger partial charge is 0.00611 e. The number of hydrogen-bond acceptors (Lipinski definition) is 2. The second kappa shape index (κ2) is 6.58. The van der Waals surface area contributed by atoms with Gasteiger partial charge in [0.05, 0.1) is 0 Å². The van der Waals surface area contributed by atoms with Gasteiger partial charge in [0, 0.05) is 0 Å². The molecule has 0 saturated heterocycles. The predicted molar refractivity (Wildman–Crippen MR) is 75.5 cm³/mol. The second-order valence-electron chi connectivity index (χ2n) is 4.34. The molecule has 0 bridgehead atoms. The van der Waals surface area contributed by atoms with E-state index in [9.17, 15) is 0 Å². The van der Waals surface area contributed by atoms with Crippen LogP contribution in [0.4, 0.5) is 0 Å². The Labute approximate surface area is 107 Å². The molecule has 0 unspecified atom stereocenters. The topological polar surface area (TPSA) is 26.0 Å². The third-order valence-electron chi connectivity index (χ3n) is 2.94. The second-order valence-corrected chi connectivity index (χ2v) is 5.12. The fourth-order valence-corrected chi connectivity index (χ4v) is 2.67. The van der Waals surface area contributed by atoms with Gasteiger partial charge in [-0.25, -0.2) is 0 Å². The van der Waals surface area contributed by atoms with Gasteiger partial charge in [-0.1, -0.05) is 24.3 Å².